The summed E-state index contributed by atoms with van der Waals surface area (Å²) < 4.78 is 105. The van der Waals surface area contributed by atoms with Crippen LogP contribution in [0.3, 0.4) is 0 Å². The zero-order chi connectivity index (χ0) is 59.7. The number of rotatable bonds is 29. The zero-order valence-electron chi connectivity index (χ0n) is 49.3. The van der Waals surface area contributed by atoms with Crippen LogP contribution in [-0.4, -0.2) is 97.6 Å². The molecule has 450 valence electrons. The molecule has 0 unspecified atom stereocenters. The Morgan fingerprint density at radius 2 is 0.791 bits per heavy atom. The van der Waals surface area contributed by atoms with Crippen LogP contribution in [0.25, 0.3) is 0 Å². The van der Waals surface area contributed by atoms with Crippen molar-refractivity contribution in [3.8, 4) is 0 Å². The molecule has 0 radical (unpaired) electrons. The fourth-order valence-corrected chi connectivity index (χ4v) is 16.3. The van der Waals surface area contributed by atoms with E-state index in [2.05, 4.69) is 69.3 Å². The first kappa shape index (κ1) is 62.5. The van der Waals surface area contributed by atoms with Crippen molar-refractivity contribution in [2.24, 2.45) is 0 Å². The molecule has 8 aromatic carbocycles. The summed E-state index contributed by atoms with van der Waals surface area (Å²) in [6.45, 7) is 6.87. The maximum absolute atomic E-state index is 13.1. The van der Waals surface area contributed by atoms with Crippen LogP contribution in [-0.2, 0) is 101 Å². The first-order chi connectivity index (χ1) is 41.9. The van der Waals surface area contributed by atoms with Gasteiger partial charge in [0.05, 0.1) is 59.1 Å². The molecule has 0 N–H and O–H groups in total. The Bertz CT molecular complexity index is 3320. The van der Waals surface area contributed by atoms with E-state index in [1.807, 2.05) is 194 Å². The third kappa shape index (κ3) is 16.4. The summed E-state index contributed by atoms with van der Waals surface area (Å²) in [5.41, 5.74) is 5.36. The fourth-order valence-electron chi connectivity index (χ4n) is 11.4. The highest BCUT2D eigenvalue weighted by Crippen LogP contribution is 2.44. The molecule has 0 bridgehead atoms. The minimum atomic E-state index is -4.03. The monoisotopic (exact) mass is 1200 g/mol. The van der Waals surface area contributed by atoms with Crippen molar-refractivity contribution in [1.82, 2.24) is 0 Å². The molecular formula is C71H78O13SSi. The molecule has 0 amide bonds. The van der Waals surface area contributed by atoms with Crippen molar-refractivity contribution in [2.45, 2.75) is 120 Å². The summed E-state index contributed by atoms with van der Waals surface area (Å²) >= 11 is 0. The molecule has 2 aliphatic rings. The second-order valence-corrected chi connectivity index (χ2v) is 28.8. The number of benzene rings is 8. The Labute approximate surface area is 508 Å². The molecular weight excluding hydrogens is 1120 g/mol. The van der Waals surface area contributed by atoms with Gasteiger partial charge in [0.15, 0.2) is 6.29 Å². The molecule has 86 heavy (non-hydrogen) atoms. The summed E-state index contributed by atoms with van der Waals surface area (Å²) in [7, 11) is -7.28. The van der Waals surface area contributed by atoms with Gasteiger partial charge < -0.3 is 47.1 Å². The first-order valence-corrected chi connectivity index (χ1v) is 33.1. The molecule has 0 aromatic heterocycles. The van der Waals surface area contributed by atoms with E-state index in [1.165, 1.54) is 0 Å². The molecule has 0 saturated carbocycles. The minimum Gasteiger partial charge on any atom is -0.405 e. The third-order valence-electron chi connectivity index (χ3n) is 15.5. The van der Waals surface area contributed by atoms with E-state index in [9.17, 15) is 8.42 Å². The van der Waals surface area contributed by atoms with Gasteiger partial charge in [-0.3, -0.25) is 4.18 Å². The largest absolute Gasteiger partial charge is 0.405 e. The SMILES string of the molecule is CC(C)(C)[Si](OC[C@H]1O[C@@](COCc2ccccc2)(O[C@H]2O[C@H](COS(C)(=O)=O)[C@@H](OCc3ccccc3)[C@H](OCc3ccccc3)[C@H]2OCc2ccccc2)[C@@H](OCc2ccccc2)[C@@H]1OCc1ccccc1)(c1ccccc1)c1ccccc1. The topological polar surface area (TPSA) is 136 Å². The van der Waals surface area contributed by atoms with Gasteiger partial charge in [-0.2, -0.15) is 8.42 Å². The second-order valence-electron chi connectivity index (χ2n) is 22.8. The predicted octanol–water partition coefficient (Wildman–Crippen LogP) is 11.5. The van der Waals surface area contributed by atoms with Gasteiger partial charge >= 0.3 is 0 Å². The van der Waals surface area contributed by atoms with Crippen molar-refractivity contribution < 1.29 is 59.7 Å². The van der Waals surface area contributed by atoms with Crippen molar-refractivity contribution in [2.75, 3.05) is 26.1 Å². The molecule has 15 heteroatoms. The molecule has 0 spiro atoms. The summed E-state index contributed by atoms with van der Waals surface area (Å²) in [5, 5.41) is 1.78. The van der Waals surface area contributed by atoms with Crippen molar-refractivity contribution in [1.29, 1.82) is 0 Å². The Morgan fingerprint density at radius 1 is 0.430 bits per heavy atom. The van der Waals surface area contributed by atoms with E-state index in [-0.39, 0.29) is 52.9 Å². The van der Waals surface area contributed by atoms with Crippen LogP contribution in [0.5, 0.6) is 0 Å². The molecule has 2 saturated heterocycles. The van der Waals surface area contributed by atoms with Crippen molar-refractivity contribution in [3.63, 3.8) is 0 Å². The molecule has 8 aromatic rings. The molecule has 0 aliphatic carbocycles. The van der Waals surface area contributed by atoms with Crippen LogP contribution in [0.2, 0.25) is 5.04 Å². The lowest BCUT2D eigenvalue weighted by molar-refractivity contribution is -0.397. The Kier molecular flexibility index (Phi) is 21.8. The lowest BCUT2D eigenvalue weighted by Crippen LogP contribution is -2.67. The van der Waals surface area contributed by atoms with Crippen LogP contribution < -0.4 is 10.4 Å². The summed E-state index contributed by atoms with van der Waals surface area (Å²) in [6.07, 6.45) is -7.49. The van der Waals surface area contributed by atoms with Gasteiger partial charge in [0.2, 0.25) is 5.79 Å². The van der Waals surface area contributed by atoms with E-state index >= 15 is 0 Å². The van der Waals surface area contributed by atoms with E-state index in [1.54, 1.807) is 0 Å². The predicted molar refractivity (Wildman–Crippen MR) is 333 cm³/mol. The number of hydrogen-bond acceptors (Lipinski definition) is 13. The highest BCUT2D eigenvalue weighted by atomic mass is 32.2. The lowest BCUT2D eigenvalue weighted by atomic mass is 9.97. The standard InChI is InChI=1S/C71H78O13SSi/c1-70(2,3)86(60-41-25-11-26-42-60,61-43-27-12-28-44-61)81-52-63-65(76-47-56-33-17-7-18-34-56)68(79-50-59-39-23-10-24-40-59)71(83-63,53-74-45-54-29-13-5-14-30-54)84-69-67(78-49-58-37-21-9-22-38-58)66(77-48-57-35-19-8-20-36-57)64(62(82-69)51-80-85(4,72)73)75-46-55-31-15-6-16-32-55/h5-44,62-69H,45-53H2,1-4H3/t62-,63-,64-,65-,66+,67-,68+,69-,71+/m1/s1. The lowest BCUT2D eigenvalue weighted by Gasteiger charge is -2.48. The van der Waals surface area contributed by atoms with Crippen LogP contribution >= 0.6 is 0 Å². The normalized spacial score (nSPS) is 22.6. The molecule has 2 aliphatic heterocycles. The highest BCUT2D eigenvalue weighted by Gasteiger charge is 2.63. The number of ether oxygens (including phenoxy) is 9. The first-order valence-electron chi connectivity index (χ1n) is 29.4. The molecule has 10 rings (SSSR count). The van der Waals surface area contributed by atoms with Gasteiger partial charge in [0.1, 0.15) is 49.3 Å². The van der Waals surface area contributed by atoms with E-state index in [0.717, 1.165) is 50.0 Å². The summed E-state index contributed by atoms with van der Waals surface area (Å²) in [5.74, 6) is -1.90. The second kappa shape index (κ2) is 29.9. The summed E-state index contributed by atoms with van der Waals surface area (Å²) in [6, 6.07) is 80.0. The maximum Gasteiger partial charge on any atom is 0.264 e. The fraction of sp³-hybridized carbons (Fsp3) is 0.324. The van der Waals surface area contributed by atoms with Crippen LogP contribution in [0.4, 0.5) is 0 Å². The maximum atomic E-state index is 13.1. The average molecular weight is 1200 g/mol. The Morgan fingerprint density at radius 3 is 1.20 bits per heavy atom. The van der Waals surface area contributed by atoms with Gasteiger partial charge in [0, 0.05) is 0 Å². The third-order valence-corrected chi connectivity index (χ3v) is 21.1. The molecule has 9 atom stereocenters. The quantitative estimate of drug-likeness (QED) is 0.0325. The minimum absolute atomic E-state index is 0.0320. The summed E-state index contributed by atoms with van der Waals surface area (Å²) in [4.78, 5) is 0. The smallest absolute Gasteiger partial charge is 0.264 e. The molecule has 13 nitrogen and oxygen atoms in total. The molecule has 2 fully saturated rings. The number of hydrogen-bond donors (Lipinski definition) is 0. The van der Waals surface area contributed by atoms with Crippen molar-refractivity contribution >= 4 is 28.8 Å². The average Bonchev–Trinajstić information content (AvgIpc) is 1.40. The van der Waals surface area contributed by atoms with Gasteiger partial charge in [-0.05, 0) is 48.8 Å². The van der Waals surface area contributed by atoms with E-state index in [0.29, 0.717) is 0 Å². The van der Waals surface area contributed by atoms with Gasteiger partial charge in [-0.1, -0.05) is 263 Å². The Balaban J connectivity index is 1.13. The van der Waals surface area contributed by atoms with Crippen LogP contribution in [0.15, 0.2) is 243 Å². The van der Waals surface area contributed by atoms with Gasteiger partial charge in [0.25, 0.3) is 18.4 Å². The van der Waals surface area contributed by atoms with E-state index in [4.69, 9.17) is 51.2 Å². The van der Waals surface area contributed by atoms with E-state index < -0.39 is 84.9 Å². The van der Waals surface area contributed by atoms with Crippen molar-refractivity contribution in [3.05, 3.63) is 276 Å². The van der Waals surface area contributed by atoms with Gasteiger partial charge in [-0.15, -0.1) is 0 Å². The van der Waals surface area contributed by atoms with Crippen LogP contribution in [0, 0.1) is 0 Å². The highest BCUT2D eigenvalue weighted by molar-refractivity contribution is 7.86. The molecule has 2 heterocycles. The van der Waals surface area contributed by atoms with Gasteiger partial charge in [-0.25, -0.2) is 0 Å². The Hall–Kier alpha value is -6.51. The zero-order valence-corrected chi connectivity index (χ0v) is 51.1. The van der Waals surface area contributed by atoms with Crippen LogP contribution in [0.1, 0.15) is 54.2 Å².